The van der Waals surface area contributed by atoms with Crippen LogP contribution < -0.4 is 16.2 Å². The minimum atomic E-state index is -1.05. The number of unbranched alkanes of at least 4 members (excludes halogenated alkanes) is 1. The maximum atomic E-state index is 12.6. The Bertz CT molecular complexity index is 614. The number of nitrogens with one attached hydrogen (secondary N) is 3. The van der Waals surface area contributed by atoms with Gasteiger partial charge in [0.05, 0.1) is 6.17 Å². The quantitative estimate of drug-likeness (QED) is 0.214. The second-order valence-electron chi connectivity index (χ2n) is 6.08. The van der Waals surface area contributed by atoms with E-state index >= 15 is 0 Å². The molecule has 140 valence electrons. The van der Waals surface area contributed by atoms with Gasteiger partial charge in [0.25, 0.3) is 0 Å². The monoisotopic (exact) mass is 399 g/mol. The van der Waals surface area contributed by atoms with Crippen molar-refractivity contribution in [3.8, 4) is 0 Å². The third-order valence-corrected chi connectivity index (χ3v) is 7.89. The van der Waals surface area contributed by atoms with Crippen molar-refractivity contribution in [1.82, 2.24) is 16.2 Å². The molecule has 0 aromatic carbocycles. The van der Waals surface area contributed by atoms with Gasteiger partial charge in [0.2, 0.25) is 8.42 Å². The fourth-order valence-corrected chi connectivity index (χ4v) is 6.16. The second kappa shape index (κ2) is 11.3. The fraction of sp³-hybridized carbons (Fsp3) is 0.556. The number of hydrazine groups is 1. The summed E-state index contributed by atoms with van der Waals surface area (Å²) in [5.41, 5.74) is 7.84. The van der Waals surface area contributed by atoms with Crippen molar-refractivity contribution < 1.29 is 4.55 Å². The van der Waals surface area contributed by atoms with Gasteiger partial charge in [-0.3, -0.25) is 10.7 Å². The van der Waals surface area contributed by atoms with Gasteiger partial charge in [-0.15, -0.1) is 0 Å². The first-order chi connectivity index (χ1) is 12.1. The summed E-state index contributed by atoms with van der Waals surface area (Å²) in [7, 11) is 0. The van der Waals surface area contributed by atoms with Crippen molar-refractivity contribution in [2.24, 2.45) is 0 Å². The van der Waals surface area contributed by atoms with Crippen LogP contribution in [0, 0.1) is 6.92 Å². The summed E-state index contributed by atoms with van der Waals surface area (Å²) in [5, 5.41) is 5.60. The number of aryl methyl sites for hydroxylation is 1. The van der Waals surface area contributed by atoms with Gasteiger partial charge in [-0.05, 0) is 36.8 Å². The molecule has 0 aliphatic rings. The molecule has 0 saturated heterocycles. The van der Waals surface area contributed by atoms with Crippen molar-refractivity contribution in [2.75, 3.05) is 6.54 Å². The van der Waals surface area contributed by atoms with Crippen molar-refractivity contribution >= 4 is 33.8 Å². The zero-order valence-electron chi connectivity index (χ0n) is 15.3. The van der Waals surface area contributed by atoms with Crippen LogP contribution in [0.15, 0.2) is 32.0 Å². The van der Waals surface area contributed by atoms with Crippen molar-refractivity contribution in [2.45, 2.75) is 67.6 Å². The predicted octanol–water partition coefficient (Wildman–Crippen LogP) is 4.39. The van der Waals surface area contributed by atoms with Gasteiger partial charge in [0.1, 0.15) is 0 Å². The molecule has 25 heavy (non-hydrogen) atoms. The Balaban J connectivity index is 1.84. The lowest BCUT2D eigenvalue weighted by Crippen LogP contribution is -2.49. The minimum Gasteiger partial charge on any atom is -0.605 e. The van der Waals surface area contributed by atoms with E-state index < -0.39 is 11.2 Å². The Morgan fingerprint density at radius 2 is 2.04 bits per heavy atom. The molecule has 7 heteroatoms. The van der Waals surface area contributed by atoms with Crippen molar-refractivity contribution in [3.05, 3.63) is 34.0 Å². The highest BCUT2D eigenvalue weighted by Crippen LogP contribution is 2.31. The predicted molar refractivity (Wildman–Crippen MR) is 110 cm³/mol. The van der Waals surface area contributed by atoms with Gasteiger partial charge in [0.15, 0.2) is 0 Å². The molecule has 2 atom stereocenters. The number of hydrogen-bond donors (Lipinski definition) is 3. The molecule has 0 saturated carbocycles. The summed E-state index contributed by atoms with van der Waals surface area (Å²) < 4.78 is 14.5. The van der Waals surface area contributed by atoms with Gasteiger partial charge >= 0.3 is 0 Å². The Morgan fingerprint density at radius 1 is 1.20 bits per heavy atom. The van der Waals surface area contributed by atoms with Gasteiger partial charge in [0, 0.05) is 41.3 Å². The molecule has 0 aliphatic carbocycles. The molecule has 0 fully saturated rings. The van der Waals surface area contributed by atoms with Gasteiger partial charge in [-0.1, -0.05) is 49.4 Å². The third-order valence-electron chi connectivity index (χ3n) is 3.74. The Labute approximate surface area is 162 Å². The van der Waals surface area contributed by atoms with E-state index in [9.17, 15) is 4.55 Å². The van der Waals surface area contributed by atoms with E-state index in [0.29, 0.717) is 0 Å². The molecule has 4 nitrogen and oxygen atoms in total. The van der Waals surface area contributed by atoms with Crippen LogP contribution >= 0.6 is 22.7 Å². The molecule has 0 aliphatic heterocycles. The molecular weight excluding hydrogens is 370 g/mol. The van der Waals surface area contributed by atoms with Gasteiger partial charge in [-0.25, -0.2) is 5.43 Å². The topological polar surface area (TPSA) is 59.1 Å². The first-order valence-corrected chi connectivity index (χ1v) is 11.8. The summed E-state index contributed by atoms with van der Waals surface area (Å²) in [6, 6.07) is 6.09. The van der Waals surface area contributed by atoms with E-state index in [4.69, 9.17) is 0 Å². The fourth-order valence-electron chi connectivity index (χ4n) is 2.35. The molecule has 0 amide bonds. The molecule has 2 aromatic heterocycles. The first kappa shape index (κ1) is 20.9. The Hall–Kier alpha value is -0.410. The Morgan fingerprint density at radius 3 is 2.72 bits per heavy atom. The van der Waals surface area contributed by atoms with E-state index in [0.717, 1.165) is 34.3 Å². The smallest absolute Gasteiger partial charge is 0.213 e. The molecule has 2 rings (SSSR count). The molecule has 2 aromatic rings. The van der Waals surface area contributed by atoms with Crippen molar-refractivity contribution in [3.63, 3.8) is 0 Å². The SMILES string of the molecule is CCCCNNC(CCC)NCc1ccc([S+]([O-])c2cc(C)cs2)s1. The second-order valence-corrected chi connectivity index (χ2v) is 10.1. The highest BCUT2D eigenvalue weighted by atomic mass is 32.3. The highest BCUT2D eigenvalue weighted by Gasteiger charge is 2.19. The van der Waals surface area contributed by atoms with Crippen LogP contribution in [0.4, 0.5) is 0 Å². The maximum absolute atomic E-state index is 12.6. The van der Waals surface area contributed by atoms with E-state index in [1.54, 1.807) is 22.7 Å². The zero-order valence-corrected chi connectivity index (χ0v) is 17.7. The minimum absolute atomic E-state index is 0.248. The van der Waals surface area contributed by atoms with Crippen LogP contribution in [0.2, 0.25) is 0 Å². The number of rotatable bonds is 12. The van der Waals surface area contributed by atoms with Crippen LogP contribution in [0.5, 0.6) is 0 Å². The van der Waals surface area contributed by atoms with Crippen molar-refractivity contribution in [1.29, 1.82) is 0 Å². The average Bonchev–Trinajstić information content (AvgIpc) is 3.25. The first-order valence-electron chi connectivity index (χ1n) is 8.91. The molecule has 0 radical (unpaired) electrons. The van der Waals surface area contributed by atoms with Crippen LogP contribution in [0.25, 0.3) is 0 Å². The van der Waals surface area contributed by atoms with Crippen LogP contribution in [0.3, 0.4) is 0 Å². The van der Waals surface area contributed by atoms with Crippen LogP contribution in [-0.4, -0.2) is 17.3 Å². The third kappa shape index (κ3) is 7.02. The Kier molecular flexibility index (Phi) is 9.47. The maximum Gasteiger partial charge on any atom is 0.213 e. The molecule has 2 unspecified atom stereocenters. The summed E-state index contributed by atoms with van der Waals surface area (Å²) >= 11 is 2.16. The normalized spacial score (nSPS) is 13.9. The zero-order chi connectivity index (χ0) is 18.1. The lowest BCUT2D eigenvalue weighted by Gasteiger charge is -2.20. The van der Waals surface area contributed by atoms with Gasteiger partial charge < -0.3 is 4.55 Å². The van der Waals surface area contributed by atoms with Crippen LogP contribution in [0.1, 0.15) is 50.0 Å². The molecule has 0 spiro atoms. The van der Waals surface area contributed by atoms with E-state index in [2.05, 4.69) is 41.5 Å². The lowest BCUT2D eigenvalue weighted by atomic mass is 10.3. The van der Waals surface area contributed by atoms with E-state index in [1.807, 2.05) is 19.1 Å². The van der Waals surface area contributed by atoms with Crippen LogP contribution in [-0.2, 0) is 17.7 Å². The molecule has 3 N–H and O–H groups in total. The summed E-state index contributed by atoms with van der Waals surface area (Å²) in [6.45, 7) is 8.20. The average molecular weight is 400 g/mol. The largest absolute Gasteiger partial charge is 0.605 e. The summed E-state index contributed by atoms with van der Waals surface area (Å²) in [4.78, 5) is 1.22. The molecule has 2 heterocycles. The van der Waals surface area contributed by atoms with Gasteiger partial charge in [-0.2, -0.15) is 0 Å². The number of hydrogen-bond acceptors (Lipinski definition) is 6. The molecule has 0 bridgehead atoms. The van der Waals surface area contributed by atoms with E-state index in [-0.39, 0.29) is 6.17 Å². The van der Waals surface area contributed by atoms with E-state index in [1.165, 1.54) is 23.3 Å². The highest BCUT2D eigenvalue weighted by molar-refractivity contribution is 7.95. The molecular formula is C18H29N3OS3. The lowest BCUT2D eigenvalue weighted by molar-refractivity contribution is 0.345. The standard InChI is InChI=1S/C18H29N3OS3/c1-4-6-10-20-21-16(7-5-2)19-12-15-8-9-17(24-15)25(22)18-11-14(3)13-23-18/h8-9,11,13,16,19-21H,4-7,10,12H2,1-3H3. The summed E-state index contributed by atoms with van der Waals surface area (Å²) in [6.07, 6.45) is 4.81. The summed E-state index contributed by atoms with van der Waals surface area (Å²) in [5.74, 6) is 0. The number of thiophene rings is 2.